The van der Waals surface area contributed by atoms with Gasteiger partial charge in [0.15, 0.2) is 0 Å². The average molecular weight is 289 g/mol. The molecule has 0 radical (unpaired) electrons. The van der Waals surface area contributed by atoms with Crippen LogP contribution in [0.5, 0.6) is 0 Å². The molecule has 1 aromatic rings. The van der Waals surface area contributed by atoms with E-state index in [2.05, 4.69) is 0 Å². The quantitative estimate of drug-likeness (QED) is 0.905. The van der Waals surface area contributed by atoms with Gasteiger partial charge in [-0.3, -0.25) is 4.79 Å². The van der Waals surface area contributed by atoms with Crippen LogP contribution in [0, 0.1) is 11.3 Å². The van der Waals surface area contributed by atoms with Crippen LogP contribution in [-0.2, 0) is 11.0 Å². The zero-order valence-corrected chi connectivity index (χ0v) is 11.0. The Hall–Kier alpha value is -1.04. The van der Waals surface area contributed by atoms with E-state index in [1.165, 1.54) is 6.07 Å². The molecule has 0 unspecified atom stereocenters. The van der Waals surface area contributed by atoms with Crippen LogP contribution < -0.4 is 5.73 Å². The minimum absolute atomic E-state index is 0.105. The minimum Gasteiger partial charge on any atom is -0.369 e. The largest absolute Gasteiger partial charge is 0.425 e. The van der Waals surface area contributed by atoms with Crippen LogP contribution in [0.2, 0.25) is 0 Å². The molecule has 104 valence electrons. The summed E-state index contributed by atoms with van der Waals surface area (Å²) in [6.07, 6.45) is -0.913. The number of amides is 1. The van der Waals surface area contributed by atoms with Crippen LogP contribution in [0.25, 0.3) is 0 Å². The summed E-state index contributed by atoms with van der Waals surface area (Å²) in [5.74, 6) is -0.132. The van der Waals surface area contributed by atoms with Crippen molar-refractivity contribution in [3.8, 4) is 0 Å². The lowest BCUT2D eigenvalue weighted by atomic mass is 9.83. The molecule has 1 amide bonds. The summed E-state index contributed by atoms with van der Waals surface area (Å²) < 4.78 is 38.0. The van der Waals surface area contributed by atoms with E-state index >= 15 is 0 Å². The van der Waals surface area contributed by atoms with Crippen molar-refractivity contribution in [2.45, 2.75) is 37.8 Å². The highest BCUT2D eigenvalue weighted by Crippen LogP contribution is 2.64. The van der Waals surface area contributed by atoms with Crippen LogP contribution in [0.15, 0.2) is 12.1 Å². The Morgan fingerprint density at radius 1 is 1.37 bits per heavy atom. The standard InChI is InChI=1S/C13H14F3NOS/c14-13(15,16)9-4-3-8(19-9)10(7-1-2-7)12(5-6-12)11(17)18/h3-4,7,10H,1-2,5-6H2,(H2,17,18)/t10-/m0/s1. The number of alkyl halides is 3. The fraction of sp³-hybridized carbons (Fsp3) is 0.615. The molecule has 2 saturated carbocycles. The predicted molar refractivity (Wildman–Crippen MR) is 65.6 cm³/mol. The van der Waals surface area contributed by atoms with Gasteiger partial charge in [-0.2, -0.15) is 13.2 Å². The summed E-state index contributed by atoms with van der Waals surface area (Å²) in [7, 11) is 0. The van der Waals surface area contributed by atoms with E-state index in [1.54, 1.807) is 0 Å². The molecule has 2 aliphatic rings. The number of rotatable bonds is 4. The molecule has 0 aliphatic heterocycles. The zero-order valence-electron chi connectivity index (χ0n) is 10.2. The van der Waals surface area contributed by atoms with Crippen LogP contribution in [0.4, 0.5) is 13.2 Å². The predicted octanol–water partition coefficient (Wildman–Crippen LogP) is 3.53. The number of nitrogens with two attached hydrogens (primary N) is 1. The first kappa shape index (κ1) is 13.0. The van der Waals surface area contributed by atoms with Crippen LogP contribution in [-0.4, -0.2) is 5.91 Å². The average Bonchev–Trinajstić information content (AvgIpc) is 3.19. The first-order chi connectivity index (χ1) is 8.84. The third-order valence-corrected chi connectivity index (χ3v) is 5.39. The van der Waals surface area contributed by atoms with E-state index in [-0.39, 0.29) is 11.8 Å². The van der Waals surface area contributed by atoms with E-state index in [1.807, 2.05) is 0 Å². The van der Waals surface area contributed by atoms with Gasteiger partial charge in [-0.15, -0.1) is 11.3 Å². The topological polar surface area (TPSA) is 43.1 Å². The summed E-state index contributed by atoms with van der Waals surface area (Å²) in [5.41, 5.74) is 4.90. The molecule has 0 saturated heterocycles. The van der Waals surface area contributed by atoms with Gasteiger partial charge in [0.1, 0.15) is 4.88 Å². The summed E-state index contributed by atoms with van der Waals surface area (Å²) in [6, 6.07) is 2.64. The lowest BCUT2D eigenvalue weighted by Gasteiger charge is -2.23. The van der Waals surface area contributed by atoms with Crippen molar-refractivity contribution in [1.29, 1.82) is 0 Å². The van der Waals surface area contributed by atoms with Crippen LogP contribution in [0.1, 0.15) is 41.4 Å². The smallest absolute Gasteiger partial charge is 0.369 e. The molecule has 1 aromatic heterocycles. The molecule has 19 heavy (non-hydrogen) atoms. The molecular formula is C13H14F3NOS. The Morgan fingerprint density at radius 2 is 2.00 bits per heavy atom. The van der Waals surface area contributed by atoms with E-state index in [0.29, 0.717) is 23.6 Å². The maximum atomic E-state index is 12.7. The molecule has 0 aromatic carbocycles. The fourth-order valence-corrected chi connectivity index (χ4v) is 4.09. The van der Waals surface area contributed by atoms with Crippen molar-refractivity contribution in [3.63, 3.8) is 0 Å². The molecule has 0 spiro atoms. The lowest BCUT2D eigenvalue weighted by molar-refractivity contribution is -0.134. The number of carbonyl (C=O) groups excluding carboxylic acids is 1. The van der Waals surface area contributed by atoms with Crippen molar-refractivity contribution in [2.24, 2.45) is 17.1 Å². The second-order valence-electron chi connectivity index (χ2n) is 5.54. The van der Waals surface area contributed by atoms with Gasteiger partial charge >= 0.3 is 6.18 Å². The Balaban J connectivity index is 1.94. The number of hydrogen-bond donors (Lipinski definition) is 1. The number of hydrogen-bond acceptors (Lipinski definition) is 2. The van der Waals surface area contributed by atoms with Crippen molar-refractivity contribution in [2.75, 3.05) is 0 Å². The molecule has 0 bridgehead atoms. The Bertz CT molecular complexity index is 514. The third kappa shape index (κ3) is 2.16. The van der Waals surface area contributed by atoms with Gasteiger partial charge in [-0.1, -0.05) is 0 Å². The van der Waals surface area contributed by atoms with Crippen molar-refractivity contribution in [1.82, 2.24) is 0 Å². The van der Waals surface area contributed by atoms with E-state index in [0.717, 1.165) is 30.2 Å². The zero-order chi connectivity index (χ0) is 13.8. The summed E-state index contributed by atoms with van der Waals surface area (Å²) >= 11 is 0.768. The molecule has 6 heteroatoms. The Kier molecular flexibility index (Phi) is 2.71. The Morgan fingerprint density at radius 3 is 2.37 bits per heavy atom. The van der Waals surface area contributed by atoms with Crippen molar-refractivity contribution >= 4 is 17.2 Å². The van der Waals surface area contributed by atoms with Crippen molar-refractivity contribution < 1.29 is 18.0 Å². The summed E-state index contributed by atoms with van der Waals surface area (Å²) in [5, 5.41) is 0. The minimum atomic E-state index is -4.31. The van der Waals surface area contributed by atoms with Crippen molar-refractivity contribution in [3.05, 3.63) is 21.9 Å². The highest BCUT2D eigenvalue weighted by atomic mass is 32.1. The van der Waals surface area contributed by atoms with Crippen LogP contribution >= 0.6 is 11.3 Å². The van der Waals surface area contributed by atoms with Crippen LogP contribution in [0.3, 0.4) is 0 Å². The van der Waals surface area contributed by atoms with E-state index in [4.69, 9.17) is 5.73 Å². The van der Waals surface area contributed by atoms with E-state index in [9.17, 15) is 18.0 Å². The molecule has 2 N–H and O–H groups in total. The third-order valence-electron chi connectivity index (χ3n) is 4.18. The molecule has 3 rings (SSSR count). The van der Waals surface area contributed by atoms with Gasteiger partial charge < -0.3 is 5.73 Å². The second kappa shape index (κ2) is 3.98. The monoisotopic (exact) mass is 289 g/mol. The van der Waals surface area contributed by atoms with Gasteiger partial charge in [0.2, 0.25) is 5.91 Å². The van der Waals surface area contributed by atoms with E-state index < -0.39 is 16.5 Å². The van der Waals surface area contributed by atoms with Gasteiger partial charge in [-0.25, -0.2) is 0 Å². The molecular weight excluding hydrogens is 275 g/mol. The summed E-state index contributed by atoms with van der Waals surface area (Å²) in [4.78, 5) is 11.7. The van der Waals surface area contributed by atoms with Gasteiger partial charge in [-0.05, 0) is 43.7 Å². The highest BCUT2D eigenvalue weighted by Gasteiger charge is 2.59. The second-order valence-corrected chi connectivity index (χ2v) is 6.65. The molecule has 1 heterocycles. The fourth-order valence-electron chi connectivity index (χ4n) is 2.90. The number of halogens is 3. The van der Waals surface area contributed by atoms with Gasteiger partial charge in [0.25, 0.3) is 0 Å². The molecule has 2 fully saturated rings. The number of carbonyl (C=O) groups is 1. The SMILES string of the molecule is NC(=O)C1([C@H](c2ccc(C(F)(F)F)s2)C2CC2)CC1. The number of thiophene rings is 1. The molecule has 1 atom stereocenters. The van der Waals surface area contributed by atoms with Gasteiger partial charge in [0, 0.05) is 10.8 Å². The first-order valence-electron chi connectivity index (χ1n) is 6.31. The summed E-state index contributed by atoms with van der Waals surface area (Å²) in [6.45, 7) is 0. The normalized spacial score (nSPS) is 23.1. The first-order valence-corrected chi connectivity index (χ1v) is 7.13. The molecule has 2 aliphatic carbocycles. The lowest BCUT2D eigenvalue weighted by Crippen LogP contribution is -2.31. The highest BCUT2D eigenvalue weighted by molar-refractivity contribution is 7.12. The maximum absolute atomic E-state index is 12.7. The Labute approximate surface area is 112 Å². The molecule has 2 nitrogen and oxygen atoms in total. The van der Waals surface area contributed by atoms with Gasteiger partial charge in [0.05, 0.1) is 5.41 Å². The maximum Gasteiger partial charge on any atom is 0.425 e. The number of primary amides is 1.